The van der Waals surface area contributed by atoms with E-state index in [2.05, 4.69) is 40.5 Å². The summed E-state index contributed by atoms with van der Waals surface area (Å²) in [4.78, 5) is 4.34. The van der Waals surface area contributed by atoms with E-state index < -0.39 is 0 Å². The van der Waals surface area contributed by atoms with Crippen molar-refractivity contribution in [3.05, 3.63) is 27.2 Å². The molecule has 0 bridgehead atoms. The molecular weight excluding hydrogens is 252 g/mol. The van der Waals surface area contributed by atoms with Crippen molar-refractivity contribution < 1.29 is 0 Å². The van der Waals surface area contributed by atoms with Gasteiger partial charge in [0.1, 0.15) is 5.82 Å². The topological polar surface area (TPSA) is 46.5 Å². The zero-order chi connectivity index (χ0) is 12.4. The SMILES string of the molecule is CC(C)c1n[nH]c(=S)n1CC(C)c1nccs1. The Balaban J connectivity index is 2.24. The van der Waals surface area contributed by atoms with Crippen molar-refractivity contribution in [1.29, 1.82) is 0 Å². The standard InChI is InChI=1S/C11H16N4S2/c1-7(2)9-13-14-11(16)15(9)6-8(3)10-12-4-5-17-10/h4-5,7-8H,6H2,1-3H3,(H,14,16). The molecule has 1 N–H and O–H groups in total. The average Bonchev–Trinajstić information content (AvgIpc) is 2.89. The van der Waals surface area contributed by atoms with Crippen LogP contribution in [0.3, 0.4) is 0 Å². The molecule has 0 radical (unpaired) electrons. The fourth-order valence-corrected chi connectivity index (χ4v) is 2.68. The second-order valence-corrected chi connectivity index (χ2v) is 5.74. The summed E-state index contributed by atoms with van der Waals surface area (Å²) in [6.45, 7) is 7.24. The van der Waals surface area contributed by atoms with Crippen molar-refractivity contribution >= 4 is 23.6 Å². The van der Waals surface area contributed by atoms with Crippen LogP contribution in [0.2, 0.25) is 0 Å². The van der Waals surface area contributed by atoms with Crippen LogP contribution < -0.4 is 0 Å². The van der Waals surface area contributed by atoms with E-state index >= 15 is 0 Å². The Morgan fingerprint density at radius 2 is 2.24 bits per heavy atom. The van der Waals surface area contributed by atoms with Crippen molar-refractivity contribution in [1.82, 2.24) is 19.7 Å². The fraction of sp³-hybridized carbons (Fsp3) is 0.545. The highest BCUT2D eigenvalue weighted by Crippen LogP contribution is 2.21. The number of aromatic nitrogens is 4. The number of H-pyrrole nitrogens is 1. The van der Waals surface area contributed by atoms with E-state index in [1.165, 1.54) is 0 Å². The molecule has 0 fully saturated rings. The maximum atomic E-state index is 5.27. The Morgan fingerprint density at radius 3 is 2.82 bits per heavy atom. The number of hydrogen-bond acceptors (Lipinski definition) is 4. The average molecular weight is 268 g/mol. The Labute approximate surface area is 110 Å². The highest BCUT2D eigenvalue weighted by Gasteiger charge is 2.15. The Kier molecular flexibility index (Phi) is 3.73. The van der Waals surface area contributed by atoms with Crippen molar-refractivity contribution in [2.24, 2.45) is 0 Å². The summed E-state index contributed by atoms with van der Waals surface area (Å²) in [6, 6.07) is 0. The van der Waals surface area contributed by atoms with Gasteiger partial charge in [-0.1, -0.05) is 20.8 Å². The molecular formula is C11H16N4S2. The molecule has 0 aliphatic rings. The van der Waals surface area contributed by atoms with E-state index in [1.807, 2.05) is 11.6 Å². The zero-order valence-corrected chi connectivity index (χ0v) is 11.8. The van der Waals surface area contributed by atoms with Gasteiger partial charge in [-0.25, -0.2) is 4.98 Å². The minimum absolute atomic E-state index is 0.358. The van der Waals surface area contributed by atoms with Gasteiger partial charge >= 0.3 is 0 Å². The minimum Gasteiger partial charge on any atom is -0.303 e. The maximum absolute atomic E-state index is 5.27. The lowest BCUT2D eigenvalue weighted by atomic mass is 10.1. The lowest BCUT2D eigenvalue weighted by molar-refractivity contribution is 0.550. The van der Waals surface area contributed by atoms with E-state index in [-0.39, 0.29) is 0 Å². The van der Waals surface area contributed by atoms with E-state index in [1.54, 1.807) is 11.3 Å². The number of nitrogens with one attached hydrogen (secondary N) is 1. The van der Waals surface area contributed by atoms with E-state index in [0.717, 1.165) is 17.4 Å². The molecule has 4 nitrogen and oxygen atoms in total. The molecule has 0 aliphatic carbocycles. The largest absolute Gasteiger partial charge is 0.303 e. The van der Waals surface area contributed by atoms with Gasteiger partial charge in [0.05, 0.1) is 5.01 Å². The number of thiazole rings is 1. The normalized spacial score (nSPS) is 13.2. The summed E-state index contributed by atoms with van der Waals surface area (Å²) in [5, 5.41) is 10.3. The van der Waals surface area contributed by atoms with Gasteiger partial charge in [-0.3, -0.25) is 5.10 Å². The number of hydrogen-bond donors (Lipinski definition) is 1. The van der Waals surface area contributed by atoms with Crippen molar-refractivity contribution in [2.45, 2.75) is 39.2 Å². The van der Waals surface area contributed by atoms with Crippen LogP contribution >= 0.6 is 23.6 Å². The van der Waals surface area contributed by atoms with E-state index in [9.17, 15) is 0 Å². The highest BCUT2D eigenvalue weighted by atomic mass is 32.1. The first-order chi connectivity index (χ1) is 8.09. The lowest BCUT2D eigenvalue weighted by Crippen LogP contribution is -2.11. The summed E-state index contributed by atoms with van der Waals surface area (Å²) in [5.41, 5.74) is 0. The van der Waals surface area contributed by atoms with E-state index in [0.29, 0.717) is 16.6 Å². The van der Waals surface area contributed by atoms with Gasteiger partial charge in [0.15, 0.2) is 4.77 Å². The molecule has 1 atom stereocenters. The lowest BCUT2D eigenvalue weighted by Gasteiger charge is -2.13. The van der Waals surface area contributed by atoms with Gasteiger partial charge in [-0.2, -0.15) is 5.10 Å². The molecule has 1 unspecified atom stereocenters. The molecule has 2 aromatic heterocycles. The van der Waals surface area contributed by atoms with E-state index in [4.69, 9.17) is 12.2 Å². The molecule has 17 heavy (non-hydrogen) atoms. The van der Waals surface area contributed by atoms with Gasteiger partial charge in [-0.05, 0) is 12.2 Å². The van der Waals surface area contributed by atoms with Crippen LogP contribution in [0, 0.1) is 4.77 Å². The molecule has 0 amide bonds. The third-order valence-electron chi connectivity index (χ3n) is 2.63. The first kappa shape index (κ1) is 12.4. The van der Waals surface area contributed by atoms with Crippen molar-refractivity contribution in [3.63, 3.8) is 0 Å². The smallest absolute Gasteiger partial charge is 0.195 e. The van der Waals surface area contributed by atoms with Crippen molar-refractivity contribution in [3.8, 4) is 0 Å². The fourth-order valence-electron chi connectivity index (χ4n) is 1.78. The third kappa shape index (κ3) is 2.63. The quantitative estimate of drug-likeness (QED) is 0.865. The van der Waals surface area contributed by atoms with Crippen LogP contribution in [-0.2, 0) is 6.54 Å². The Bertz CT molecular complexity index is 524. The summed E-state index contributed by atoms with van der Waals surface area (Å²) in [6.07, 6.45) is 1.84. The molecule has 0 aromatic carbocycles. The molecule has 0 aliphatic heterocycles. The molecule has 92 valence electrons. The molecule has 2 heterocycles. The van der Waals surface area contributed by atoms with Crippen molar-refractivity contribution in [2.75, 3.05) is 0 Å². The van der Waals surface area contributed by atoms with Gasteiger partial charge in [0.25, 0.3) is 0 Å². The molecule has 6 heteroatoms. The molecule has 0 spiro atoms. The molecule has 2 aromatic rings. The van der Waals surface area contributed by atoms with Gasteiger partial charge < -0.3 is 4.57 Å². The molecule has 0 saturated carbocycles. The molecule has 0 saturated heterocycles. The van der Waals surface area contributed by atoms with Crippen LogP contribution in [0.1, 0.15) is 43.4 Å². The van der Waals surface area contributed by atoms with Gasteiger partial charge in [-0.15, -0.1) is 11.3 Å². The van der Waals surface area contributed by atoms with Crippen LogP contribution in [0.15, 0.2) is 11.6 Å². The summed E-state index contributed by atoms with van der Waals surface area (Å²) < 4.78 is 2.77. The summed E-state index contributed by atoms with van der Waals surface area (Å²) in [5.74, 6) is 1.74. The second kappa shape index (κ2) is 5.10. The predicted octanol–water partition coefficient (Wildman–Crippen LogP) is 3.32. The highest BCUT2D eigenvalue weighted by molar-refractivity contribution is 7.71. The first-order valence-electron chi connectivity index (χ1n) is 5.64. The maximum Gasteiger partial charge on any atom is 0.195 e. The number of aromatic amines is 1. The van der Waals surface area contributed by atoms with Gasteiger partial charge in [0, 0.05) is 30.0 Å². The number of rotatable bonds is 4. The second-order valence-electron chi connectivity index (χ2n) is 4.42. The summed E-state index contributed by atoms with van der Waals surface area (Å²) in [7, 11) is 0. The van der Waals surface area contributed by atoms with Crippen LogP contribution in [-0.4, -0.2) is 19.7 Å². The first-order valence-corrected chi connectivity index (χ1v) is 6.93. The predicted molar refractivity (Wildman–Crippen MR) is 72.0 cm³/mol. The summed E-state index contributed by atoms with van der Waals surface area (Å²) >= 11 is 6.95. The number of nitrogens with zero attached hydrogens (tertiary/aromatic N) is 3. The Hall–Kier alpha value is -1.01. The van der Waals surface area contributed by atoms with Crippen LogP contribution in [0.4, 0.5) is 0 Å². The zero-order valence-electron chi connectivity index (χ0n) is 10.2. The minimum atomic E-state index is 0.358. The Morgan fingerprint density at radius 1 is 1.47 bits per heavy atom. The third-order valence-corrected chi connectivity index (χ3v) is 3.95. The van der Waals surface area contributed by atoms with Gasteiger partial charge in [0.2, 0.25) is 0 Å². The van der Waals surface area contributed by atoms with Crippen LogP contribution in [0.5, 0.6) is 0 Å². The molecule has 2 rings (SSSR count). The van der Waals surface area contributed by atoms with Crippen LogP contribution in [0.25, 0.3) is 0 Å². The monoisotopic (exact) mass is 268 g/mol.